The summed E-state index contributed by atoms with van der Waals surface area (Å²) in [5, 5.41) is -0.592. The lowest BCUT2D eigenvalue weighted by Crippen LogP contribution is -2.54. The zero-order chi connectivity index (χ0) is 14.8. The first kappa shape index (κ1) is 14.8. The molecule has 106 valence electrons. The van der Waals surface area contributed by atoms with Crippen LogP contribution in [-0.4, -0.2) is 15.0 Å². The van der Waals surface area contributed by atoms with E-state index in [0.717, 1.165) is 16.7 Å². The fourth-order valence-electron chi connectivity index (χ4n) is 2.26. The molecular weight excluding hydrogens is 270 g/mol. The molecule has 3 N–H and O–H groups in total. The Morgan fingerprint density at radius 3 is 2.20 bits per heavy atom. The first-order valence-corrected chi connectivity index (χ1v) is 8.16. The van der Waals surface area contributed by atoms with E-state index in [0.29, 0.717) is 11.4 Å². The van der Waals surface area contributed by atoms with Crippen molar-refractivity contribution in [1.29, 1.82) is 0 Å². The van der Waals surface area contributed by atoms with E-state index in [9.17, 15) is 8.42 Å². The Hall–Kier alpha value is -1.65. The van der Waals surface area contributed by atoms with Crippen LogP contribution in [0.1, 0.15) is 21.9 Å². The third kappa shape index (κ3) is 2.92. The number of benzene rings is 2. The average Bonchev–Trinajstić information content (AvgIpc) is 2.40. The Morgan fingerprint density at radius 2 is 1.65 bits per heavy atom. The molecule has 0 aliphatic carbocycles. The average molecular weight is 290 g/mol. The van der Waals surface area contributed by atoms with Gasteiger partial charge in [0.1, 0.15) is 5.25 Å². The molecule has 0 spiro atoms. The predicted molar refractivity (Wildman–Crippen MR) is 80.0 cm³/mol. The lowest BCUT2D eigenvalue weighted by atomic mass is 10.1. The Morgan fingerprint density at radius 1 is 1.00 bits per heavy atom. The van der Waals surface area contributed by atoms with Gasteiger partial charge in [0.05, 0.1) is 11.4 Å². The minimum absolute atomic E-state index is 0.319. The van der Waals surface area contributed by atoms with Crippen LogP contribution in [0.5, 0.6) is 0 Å². The molecule has 0 amide bonds. The van der Waals surface area contributed by atoms with Crippen molar-refractivity contribution in [3.63, 3.8) is 0 Å². The van der Waals surface area contributed by atoms with Gasteiger partial charge in [0.15, 0.2) is 9.84 Å². The molecule has 0 radical (unpaired) electrons. The van der Waals surface area contributed by atoms with Gasteiger partial charge in [-0.3, -0.25) is 0 Å². The van der Waals surface area contributed by atoms with Crippen LogP contribution < -0.4 is 5.73 Å². The van der Waals surface area contributed by atoms with Crippen molar-refractivity contribution in [2.24, 2.45) is 0 Å². The van der Waals surface area contributed by atoms with Gasteiger partial charge in [-0.2, -0.15) is 0 Å². The maximum Gasteiger partial charge on any atom is 0.190 e. The summed E-state index contributed by atoms with van der Waals surface area (Å²) in [6.45, 7) is 4.22. The van der Waals surface area contributed by atoms with Crippen LogP contribution in [0.2, 0.25) is 0 Å². The topological polar surface area (TPSA) is 61.8 Å². The van der Waals surface area contributed by atoms with Crippen molar-refractivity contribution < 1.29 is 14.2 Å². The molecule has 0 unspecified atom stereocenters. The summed E-state index contributed by atoms with van der Waals surface area (Å²) in [6, 6.07) is 14.6. The van der Waals surface area contributed by atoms with Gasteiger partial charge in [-0.15, -0.1) is 0 Å². The highest BCUT2D eigenvalue weighted by molar-refractivity contribution is 7.91. The zero-order valence-electron chi connectivity index (χ0n) is 11.8. The molecule has 0 bridgehead atoms. The molecule has 20 heavy (non-hydrogen) atoms. The van der Waals surface area contributed by atoms with Crippen LogP contribution >= 0.6 is 0 Å². The number of quaternary nitrogens is 1. The summed E-state index contributed by atoms with van der Waals surface area (Å²) in [5.41, 5.74) is 6.73. The quantitative estimate of drug-likeness (QED) is 0.937. The summed E-state index contributed by atoms with van der Waals surface area (Å²) in [6.07, 6.45) is 0. The molecule has 2 rings (SSSR count). The molecule has 0 aliphatic rings. The van der Waals surface area contributed by atoms with Gasteiger partial charge in [0.25, 0.3) is 0 Å². The molecule has 3 nitrogen and oxygen atoms in total. The highest BCUT2D eigenvalue weighted by Gasteiger charge is 2.29. The van der Waals surface area contributed by atoms with Crippen LogP contribution in [0, 0.1) is 13.8 Å². The molecule has 0 saturated carbocycles. The number of sulfone groups is 1. The zero-order valence-corrected chi connectivity index (χ0v) is 12.7. The molecular formula is C16H20NO2S+. The summed E-state index contributed by atoms with van der Waals surface area (Å²) < 4.78 is 25.5. The third-order valence-electron chi connectivity index (χ3n) is 3.40. The molecule has 0 aromatic heterocycles. The van der Waals surface area contributed by atoms with Crippen molar-refractivity contribution in [3.05, 3.63) is 65.2 Å². The minimum atomic E-state index is -3.40. The number of rotatable bonds is 4. The summed E-state index contributed by atoms with van der Waals surface area (Å²) in [5.74, 6) is 0. The van der Waals surface area contributed by atoms with Gasteiger partial charge in [-0.25, -0.2) is 8.42 Å². The maximum absolute atomic E-state index is 12.7. The summed E-state index contributed by atoms with van der Waals surface area (Å²) in [7, 11) is -3.40. The van der Waals surface area contributed by atoms with E-state index < -0.39 is 15.1 Å². The fraction of sp³-hybridized carbons (Fsp3) is 0.250. The molecule has 0 aliphatic heterocycles. The summed E-state index contributed by atoms with van der Waals surface area (Å²) >= 11 is 0. The standard InChI is InChI=1S/C16H19NO2S/c1-12-6-8-15(9-7-12)20(18,19)16(11-17)14-5-3-4-13(2)10-14/h3-10,16H,11,17H2,1-2H3/p+1/t16-/m1/s1. The van der Waals surface area contributed by atoms with Crippen LogP contribution in [-0.2, 0) is 9.84 Å². The molecule has 0 saturated heterocycles. The Labute approximate surface area is 120 Å². The Bertz CT molecular complexity index is 691. The minimum Gasteiger partial charge on any atom is -0.356 e. The number of aryl methyl sites for hydroxylation is 2. The molecule has 0 fully saturated rings. The predicted octanol–water partition coefficient (Wildman–Crippen LogP) is 2.06. The van der Waals surface area contributed by atoms with Gasteiger partial charge in [-0.1, -0.05) is 47.5 Å². The Kier molecular flexibility index (Phi) is 4.26. The lowest BCUT2D eigenvalue weighted by molar-refractivity contribution is -0.367. The van der Waals surface area contributed by atoms with Gasteiger partial charge in [0.2, 0.25) is 0 Å². The van der Waals surface area contributed by atoms with E-state index in [-0.39, 0.29) is 0 Å². The SMILES string of the molecule is Cc1ccc(S(=O)(=O)[C@H](C[NH3+])c2cccc(C)c2)cc1. The summed E-state index contributed by atoms with van der Waals surface area (Å²) in [4.78, 5) is 0.359. The van der Waals surface area contributed by atoms with E-state index in [1.54, 1.807) is 12.1 Å². The van der Waals surface area contributed by atoms with Gasteiger partial charge in [0, 0.05) is 0 Å². The van der Waals surface area contributed by atoms with E-state index >= 15 is 0 Å². The van der Waals surface area contributed by atoms with Crippen molar-refractivity contribution in [2.75, 3.05) is 6.54 Å². The normalized spacial score (nSPS) is 13.2. The van der Waals surface area contributed by atoms with Gasteiger partial charge >= 0.3 is 0 Å². The second-order valence-corrected chi connectivity index (χ2v) is 7.18. The highest BCUT2D eigenvalue weighted by atomic mass is 32.2. The largest absolute Gasteiger partial charge is 0.356 e. The van der Waals surface area contributed by atoms with Crippen LogP contribution in [0.3, 0.4) is 0 Å². The fourth-order valence-corrected chi connectivity index (χ4v) is 3.92. The first-order valence-electron chi connectivity index (χ1n) is 6.61. The second kappa shape index (κ2) is 5.77. The maximum atomic E-state index is 12.7. The van der Waals surface area contributed by atoms with Crippen molar-refractivity contribution in [2.45, 2.75) is 24.0 Å². The van der Waals surface area contributed by atoms with Crippen molar-refractivity contribution in [3.8, 4) is 0 Å². The smallest absolute Gasteiger partial charge is 0.190 e. The van der Waals surface area contributed by atoms with Crippen LogP contribution in [0.15, 0.2) is 53.4 Å². The first-order chi connectivity index (χ1) is 9.45. The van der Waals surface area contributed by atoms with Gasteiger partial charge in [-0.05, 0) is 31.5 Å². The third-order valence-corrected chi connectivity index (χ3v) is 5.59. The van der Waals surface area contributed by atoms with Gasteiger partial charge < -0.3 is 5.73 Å². The van der Waals surface area contributed by atoms with Crippen molar-refractivity contribution >= 4 is 9.84 Å². The molecule has 2 aromatic carbocycles. The van der Waals surface area contributed by atoms with Crippen LogP contribution in [0.4, 0.5) is 0 Å². The molecule has 4 heteroatoms. The van der Waals surface area contributed by atoms with E-state index in [1.807, 2.05) is 50.2 Å². The molecule has 2 aromatic rings. The van der Waals surface area contributed by atoms with E-state index in [1.165, 1.54) is 0 Å². The Balaban J connectivity index is 2.47. The molecule has 0 heterocycles. The number of hydrogen-bond acceptors (Lipinski definition) is 2. The second-order valence-electron chi connectivity index (χ2n) is 5.05. The van der Waals surface area contributed by atoms with E-state index in [2.05, 4.69) is 5.73 Å². The van der Waals surface area contributed by atoms with E-state index in [4.69, 9.17) is 0 Å². The molecule has 1 atom stereocenters. The van der Waals surface area contributed by atoms with Crippen molar-refractivity contribution in [1.82, 2.24) is 0 Å². The number of hydrogen-bond donors (Lipinski definition) is 1. The van der Waals surface area contributed by atoms with Crippen LogP contribution in [0.25, 0.3) is 0 Å². The lowest BCUT2D eigenvalue weighted by Gasteiger charge is -2.15. The monoisotopic (exact) mass is 290 g/mol. The highest BCUT2D eigenvalue weighted by Crippen LogP contribution is 2.28.